The minimum atomic E-state index is -3.51. The van der Waals surface area contributed by atoms with Crippen molar-refractivity contribution in [3.63, 3.8) is 0 Å². The number of benzene rings is 1. The molecule has 2 rings (SSSR count). The van der Waals surface area contributed by atoms with E-state index in [2.05, 4.69) is 4.98 Å². The van der Waals surface area contributed by atoms with Crippen LogP contribution >= 0.6 is 7.60 Å². The van der Waals surface area contributed by atoms with Gasteiger partial charge in [-0.05, 0) is 49.2 Å². The highest BCUT2D eigenvalue weighted by Crippen LogP contribution is 2.57. The van der Waals surface area contributed by atoms with Gasteiger partial charge in [-0.25, -0.2) is 0 Å². The summed E-state index contributed by atoms with van der Waals surface area (Å²) >= 11 is 0. The van der Waals surface area contributed by atoms with E-state index < -0.39 is 7.60 Å². The van der Waals surface area contributed by atoms with E-state index in [1.807, 2.05) is 12.1 Å². The molecule has 0 saturated carbocycles. The summed E-state index contributed by atoms with van der Waals surface area (Å²) in [4.78, 5) is 4.14. The average molecular weight is 421 g/mol. The molecule has 0 aliphatic carbocycles. The SMILES string of the molecule is CCOP(=O)(OCC)C(=Cc1cc(OC)c(OC)c(OC)c1)Cc1cccnc1. The van der Waals surface area contributed by atoms with Crippen molar-refractivity contribution in [3.05, 3.63) is 53.1 Å². The van der Waals surface area contributed by atoms with Crippen LogP contribution in [-0.4, -0.2) is 39.5 Å². The number of nitrogens with zero attached hydrogens (tertiary/aromatic N) is 1. The second-order valence-corrected chi connectivity index (χ2v) is 8.05. The van der Waals surface area contributed by atoms with Gasteiger partial charge in [0.05, 0.1) is 34.5 Å². The number of rotatable bonds is 11. The van der Waals surface area contributed by atoms with Gasteiger partial charge < -0.3 is 23.3 Å². The van der Waals surface area contributed by atoms with Gasteiger partial charge >= 0.3 is 7.60 Å². The first-order valence-corrected chi connectivity index (χ1v) is 10.8. The highest BCUT2D eigenvalue weighted by Gasteiger charge is 2.30. The van der Waals surface area contributed by atoms with Gasteiger partial charge in [0, 0.05) is 24.1 Å². The van der Waals surface area contributed by atoms with Crippen molar-refractivity contribution >= 4 is 13.7 Å². The molecular weight excluding hydrogens is 393 g/mol. The van der Waals surface area contributed by atoms with E-state index in [0.717, 1.165) is 11.1 Å². The van der Waals surface area contributed by atoms with E-state index in [0.29, 0.717) is 29.0 Å². The Balaban J connectivity index is 2.61. The largest absolute Gasteiger partial charge is 0.493 e. The number of hydrogen-bond donors (Lipinski definition) is 0. The first kappa shape index (κ1) is 22.9. The summed E-state index contributed by atoms with van der Waals surface area (Å²) in [6.07, 6.45) is 5.56. The Morgan fingerprint density at radius 2 is 1.66 bits per heavy atom. The lowest BCUT2D eigenvalue weighted by atomic mass is 10.1. The topological polar surface area (TPSA) is 76.1 Å². The highest BCUT2D eigenvalue weighted by molar-refractivity contribution is 7.58. The predicted molar refractivity (Wildman–Crippen MR) is 113 cm³/mol. The van der Waals surface area contributed by atoms with Gasteiger partial charge in [0.25, 0.3) is 0 Å². The molecule has 8 heteroatoms. The lowest BCUT2D eigenvalue weighted by Crippen LogP contribution is -2.02. The molecule has 0 amide bonds. The van der Waals surface area contributed by atoms with Crippen molar-refractivity contribution in [1.82, 2.24) is 4.98 Å². The monoisotopic (exact) mass is 421 g/mol. The Kier molecular flexibility index (Phi) is 8.70. The fourth-order valence-corrected chi connectivity index (χ4v) is 4.63. The van der Waals surface area contributed by atoms with Crippen LogP contribution in [0.3, 0.4) is 0 Å². The maximum Gasteiger partial charge on any atom is 0.357 e. The molecule has 0 bridgehead atoms. The molecule has 0 unspecified atom stereocenters. The van der Waals surface area contributed by atoms with Gasteiger partial charge in [0.1, 0.15) is 0 Å². The van der Waals surface area contributed by atoms with Crippen molar-refractivity contribution in [3.8, 4) is 17.2 Å². The van der Waals surface area contributed by atoms with Gasteiger partial charge in [0.2, 0.25) is 5.75 Å². The number of hydrogen-bond acceptors (Lipinski definition) is 7. The van der Waals surface area contributed by atoms with Crippen molar-refractivity contribution in [2.24, 2.45) is 0 Å². The van der Waals surface area contributed by atoms with E-state index in [9.17, 15) is 4.57 Å². The fourth-order valence-electron chi connectivity index (χ4n) is 2.86. The van der Waals surface area contributed by atoms with Gasteiger partial charge in [-0.2, -0.15) is 0 Å². The molecule has 0 atom stereocenters. The summed E-state index contributed by atoms with van der Waals surface area (Å²) in [5.41, 5.74) is 1.61. The lowest BCUT2D eigenvalue weighted by Gasteiger charge is -2.21. The zero-order valence-electron chi connectivity index (χ0n) is 17.5. The minimum absolute atomic E-state index is 0.261. The van der Waals surface area contributed by atoms with Crippen LogP contribution in [0, 0.1) is 0 Å². The summed E-state index contributed by atoms with van der Waals surface area (Å²) in [6.45, 7) is 4.09. The normalized spacial score (nSPS) is 12.0. The molecule has 0 aliphatic heterocycles. The highest BCUT2D eigenvalue weighted by atomic mass is 31.2. The minimum Gasteiger partial charge on any atom is -0.493 e. The second kappa shape index (κ2) is 11.0. The van der Waals surface area contributed by atoms with Crippen LogP contribution in [-0.2, 0) is 20.0 Å². The molecule has 2 aromatic rings. The van der Waals surface area contributed by atoms with Crippen LogP contribution in [0.25, 0.3) is 6.08 Å². The second-order valence-electron chi connectivity index (χ2n) is 5.97. The van der Waals surface area contributed by atoms with Crippen LogP contribution in [0.4, 0.5) is 0 Å². The predicted octanol–water partition coefficient (Wildman–Crippen LogP) is 4.96. The number of allylic oxidation sites excluding steroid dienone is 1. The molecule has 0 spiro atoms. The van der Waals surface area contributed by atoms with Crippen molar-refractivity contribution in [2.75, 3.05) is 34.5 Å². The standard InChI is InChI=1S/C21H28NO6P/c1-6-27-29(23,28-7-2)18(11-16-9-8-10-22-15-16)12-17-13-19(24-3)21(26-5)20(14-17)25-4/h8-10,12-15H,6-7,11H2,1-5H3. The fraction of sp³-hybridized carbons (Fsp3) is 0.381. The summed E-state index contributed by atoms with van der Waals surface area (Å²) in [6, 6.07) is 7.32. The summed E-state index contributed by atoms with van der Waals surface area (Å²) in [7, 11) is 1.13. The zero-order valence-corrected chi connectivity index (χ0v) is 18.4. The zero-order chi connectivity index (χ0) is 21.3. The van der Waals surface area contributed by atoms with E-state index in [1.54, 1.807) is 65.8 Å². The molecular formula is C21H28NO6P. The molecule has 1 aromatic heterocycles. The number of pyridine rings is 1. The molecule has 1 heterocycles. The molecule has 0 radical (unpaired) electrons. The van der Waals surface area contributed by atoms with Crippen molar-refractivity contribution < 1.29 is 27.8 Å². The molecule has 0 fully saturated rings. The van der Waals surface area contributed by atoms with Crippen molar-refractivity contribution in [2.45, 2.75) is 20.3 Å². The van der Waals surface area contributed by atoms with Crippen LogP contribution in [0.15, 0.2) is 42.0 Å². The molecule has 29 heavy (non-hydrogen) atoms. The maximum absolute atomic E-state index is 13.5. The third-order valence-electron chi connectivity index (χ3n) is 4.08. The van der Waals surface area contributed by atoms with Crippen molar-refractivity contribution in [1.29, 1.82) is 0 Å². The average Bonchev–Trinajstić information content (AvgIpc) is 2.73. The first-order valence-electron chi connectivity index (χ1n) is 9.30. The van der Waals surface area contributed by atoms with E-state index in [4.69, 9.17) is 23.3 Å². The molecule has 1 aromatic carbocycles. The Labute approximate surface area is 172 Å². The summed E-state index contributed by atoms with van der Waals surface area (Å²) in [5, 5.41) is 0.517. The van der Waals surface area contributed by atoms with E-state index >= 15 is 0 Å². The third kappa shape index (κ3) is 5.82. The number of methoxy groups -OCH3 is 3. The van der Waals surface area contributed by atoms with Crippen LogP contribution in [0.1, 0.15) is 25.0 Å². The Morgan fingerprint density at radius 3 is 2.10 bits per heavy atom. The molecule has 7 nitrogen and oxygen atoms in total. The van der Waals surface area contributed by atoms with E-state index in [-0.39, 0.29) is 13.2 Å². The third-order valence-corrected chi connectivity index (χ3v) is 6.27. The maximum atomic E-state index is 13.5. The Morgan fingerprint density at radius 1 is 1.03 bits per heavy atom. The van der Waals surface area contributed by atoms with Gasteiger partial charge in [-0.15, -0.1) is 0 Å². The summed E-state index contributed by atoms with van der Waals surface area (Å²) < 4.78 is 40.9. The van der Waals surface area contributed by atoms with Crippen LogP contribution in [0.5, 0.6) is 17.2 Å². The molecule has 0 N–H and O–H groups in total. The first-order chi connectivity index (χ1) is 14.0. The van der Waals surface area contributed by atoms with Gasteiger partial charge in [0.15, 0.2) is 11.5 Å². The molecule has 0 saturated heterocycles. The number of aromatic nitrogens is 1. The van der Waals surface area contributed by atoms with E-state index in [1.165, 1.54) is 0 Å². The van der Waals surface area contributed by atoms with Crippen LogP contribution < -0.4 is 14.2 Å². The molecule has 0 aliphatic rings. The van der Waals surface area contributed by atoms with Gasteiger partial charge in [-0.3, -0.25) is 9.55 Å². The quantitative estimate of drug-likeness (QED) is 0.475. The Bertz CT molecular complexity index is 834. The lowest BCUT2D eigenvalue weighted by molar-refractivity contribution is 0.226. The molecule has 158 valence electrons. The Hall–Kier alpha value is -2.34. The number of ether oxygens (including phenoxy) is 3. The summed E-state index contributed by atoms with van der Waals surface area (Å²) in [5.74, 6) is 1.49. The van der Waals surface area contributed by atoms with Crippen LogP contribution in [0.2, 0.25) is 0 Å². The smallest absolute Gasteiger partial charge is 0.357 e. The van der Waals surface area contributed by atoms with Gasteiger partial charge in [-0.1, -0.05) is 6.07 Å².